The van der Waals surface area contributed by atoms with Gasteiger partial charge in [0, 0.05) is 5.02 Å². The number of carbonyl (C=O) groups excluding carboxylic acids is 1. The van der Waals surface area contributed by atoms with Gasteiger partial charge in [0.05, 0.1) is 10.5 Å². The molecule has 1 N–H and O–H groups in total. The largest absolute Gasteiger partial charge is 0.490 e. The monoisotopic (exact) mass is 394 g/mol. The fourth-order valence-corrected chi connectivity index (χ4v) is 3.17. The minimum Gasteiger partial charge on any atom is -0.490 e. The summed E-state index contributed by atoms with van der Waals surface area (Å²) in [5.74, 6) is -0.193. The lowest BCUT2D eigenvalue weighted by atomic mass is 10.2. The third-order valence-electron chi connectivity index (χ3n) is 3.13. The van der Waals surface area contributed by atoms with Crippen LogP contribution in [0.2, 0.25) is 5.02 Å². The minimum atomic E-state index is -3.99. The van der Waals surface area contributed by atoms with Crippen LogP contribution >= 0.6 is 11.6 Å². The van der Waals surface area contributed by atoms with Crippen molar-refractivity contribution in [3.05, 3.63) is 59.1 Å². The average molecular weight is 395 g/mol. The number of carbonyl (C=O) groups is 1. The fraction of sp³-hybridized carbons (Fsp3) is 0.176. The highest BCUT2D eigenvalue weighted by Gasteiger charge is 2.19. The van der Waals surface area contributed by atoms with Crippen molar-refractivity contribution in [2.75, 3.05) is 19.8 Å². The normalized spacial score (nSPS) is 10.8. The number of halogens is 1. The smallest absolute Gasteiger partial charge is 0.321 e. The second-order valence-corrected chi connectivity index (χ2v) is 7.13. The average Bonchev–Trinajstić information content (AvgIpc) is 2.65. The Hall–Kier alpha value is -2.60. The molecule has 0 amide bonds. The van der Waals surface area contributed by atoms with Gasteiger partial charge in [-0.1, -0.05) is 23.7 Å². The highest BCUT2D eigenvalue weighted by Crippen LogP contribution is 2.15. The van der Waals surface area contributed by atoms with Gasteiger partial charge in [-0.2, -0.15) is 9.98 Å². The van der Waals surface area contributed by atoms with Gasteiger partial charge in [0.2, 0.25) is 10.0 Å². The minimum absolute atomic E-state index is 0.00951. The van der Waals surface area contributed by atoms with Crippen LogP contribution in [-0.2, 0) is 19.6 Å². The highest BCUT2D eigenvalue weighted by atomic mass is 35.5. The molecular formula is C17H15ClN2O5S. The maximum absolute atomic E-state index is 12.2. The van der Waals surface area contributed by atoms with Gasteiger partial charge in [-0.25, -0.2) is 8.42 Å². The van der Waals surface area contributed by atoms with Gasteiger partial charge in [0.1, 0.15) is 31.6 Å². The Morgan fingerprint density at radius 3 is 2.50 bits per heavy atom. The van der Waals surface area contributed by atoms with Crippen LogP contribution in [0.15, 0.2) is 53.4 Å². The van der Waals surface area contributed by atoms with Crippen LogP contribution in [0.5, 0.6) is 5.75 Å². The van der Waals surface area contributed by atoms with Crippen molar-refractivity contribution in [3.8, 4) is 11.8 Å². The lowest BCUT2D eigenvalue weighted by Gasteiger charge is -2.09. The molecule has 9 heteroatoms. The van der Waals surface area contributed by atoms with E-state index >= 15 is 0 Å². The number of benzene rings is 2. The molecule has 0 bridgehead atoms. The van der Waals surface area contributed by atoms with E-state index in [1.165, 1.54) is 18.2 Å². The number of nitrogens with zero attached hydrogens (tertiary/aromatic N) is 1. The van der Waals surface area contributed by atoms with E-state index < -0.39 is 22.5 Å². The molecule has 0 unspecified atom stereocenters. The molecule has 26 heavy (non-hydrogen) atoms. The Morgan fingerprint density at radius 2 is 1.81 bits per heavy atom. The summed E-state index contributed by atoms with van der Waals surface area (Å²) >= 11 is 5.75. The first-order chi connectivity index (χ1) is 12.4. The van der Waals surface area contributed by atoms with E-state index in [2.05, 4.69) is 4.72 Å². The fourth-order valence-electron chi connectivity index (χ4n) is 1.92. The molecule has 0 aliphatic heterocycles. The molecule has 0 aliphatic carbocycles. The van der Waals surface area contributed by atoms with Gasteiger partial charge in [-0.15, -0.1) is 0 Å². The van der Waals surface area contributed by atoms with Crippen LogP contribution in [0, 0.1) is 11.3 Å². The van der Waals surface area contributed by atoms with Crippen molar-refractivity contribution in [1.29, 1.82) is 5.26 Å². The van der Waals surface area contributed by atoms with E-state index in [1.54, 1.807) is 36.4 Å². The highest BCUT2D eigenvalue weighted by molar-refractivity contribution is 7.89. The van der Waals surface area contributed by atoms with Crippen LogP contribution in [-0.4, -0.2) is 34.1 Å². The van der Waals surface area contributed by atoms with Crippen LogP contribution < -0.4 is 9.46 Å². The van der Waals surface area contributed by atoms with E-state index in [4.69, 9.17) is 26.3 Å². The number of sulfonamides is 1. The zero-order valence-electron chi connectivity index (χ0n) is 13.5. The van der Waals surface area contributed by atoms with Crippen LogP contribution in [0.1, 0.15) is 5.56 Å². The number of hydrogen-bond acceptors (Lipinski definition) is 6. The molecule has 0 saturated heterocycles. The first-order valence-electron chi connectivity index (χ1n) is 7.45. The number of nitrogens with one attached hydrogen (secondary N) is 1. The topological polar surface area (TPSA) is 105 Å². The Labute approximate surface area is 156 Å². The Bertz CT molecular complexity index is 907. The summed E-state index contributed by atoms with van der Waals surface area (Å²) in [6.07, 6.45) is 0. The van der Waals surface area contributed by atoms with E-state index in [1.807, 2.05) is 0 Å². The number of hydrogen-bond donors (Lipinski definition) is 1. The van der Waals surface area contributed by atoms with E-state index in [0.717, 1.165) is 0 Å². The van der Waals surface area contributed by atoms with Gasteiger partial charge >= 0.3 is 5.97 Å². The molecule has 2 rings (SSSR count). The summed E-state index contributed by atoms with van der Waals surface area (Å²) in [4.78, 5) is 11.5. The summed E-state index contributed by atoms with van der Waals surface area (Å²) in [6, 6.07) is 14.2. The molecular weight excluding hydrogens is 380 g/mol. The third kappa shape index (κ3) is 5.74. The maximum Gasteiger partial charge on any atom is 0.321 e. The summed E-state index contributed by atoms with van der Waals surface area (Å²) in [5, 5.41) is 9.53. The lowest BCUT2D eigenvalue weighted by Crippen LogP contribution is -2.31. The molecule has 2 aromatic carbocycles. The van der Waals surface area contributed by atoms with Gasteiger partial charge < -0.3 is 9.47 Å². The first kappa shape index (κ1) is 19.7. The molecule has 0 heterocycles. The Balaban J connectivity index is 1.77. The SMILES string of the molecule is N#Cc1ccccc1S(=O)(=O)NCC(=O)OCCOc1ccc(Cl)cc1. The van der Waals surface area contributed by atoms with Gasteiger partial charge in [0.15, 0.2) is 0 Å². The molecule has 2 aromatic rings. The molecule has 0 aromatic heterocycles. The molecule has 0 radical (unpaired) electrons. The Morgan fingerprint density at radius 1 is 1.12 bits per heavy atom. The molecule has 0 fully saturated rings. The van der Waals surface area contributed by atoms with Crippen molar-refractivity contribution >= 4 is 27.6 Å². The van der Waals surface area contributed by atoms with Crippen molar-refractivity contribution in [3.63, 3.8) is 0 Å². The summed E-state index contributed by atoms with van der Waals surface area (Å²) in [5.41, 5.74) is -0.00951. The van der Waals surface area contributed by atoms with E-state index in [9.17, 15) is 13.2 Å². The van der Waals surface area contributed by atoms with Crippen molar-refractivity contribution in [2.24, 2.45) is 0 Å². The van der Waals surface area contributed by atoms with Crippen LogP contribution in [0.25, 0.3) is 0 Å². The number of nitriles is 1. The molecule has 136 valence electrons. The first-order valence-corrected chi connectivity index (χ1v) is 9.31. The number of rotatable bonds is 8. The van der Waals surface area contributed by atoms with Crippen LogP contribution in [0.4, 0.5) is 0 Å². The van der Waals surface area contributed by atoms with Crippen molar-refractivity contribution in [1.82, 2.24) is 4.72 Å². The zero-order valence-corrected chi connectivity index (χ0v) is 15.1. The molecule has 0 aliphatic rings. The summed E-state index contributed by atoms with van der Waals surface area (Å²) < 4.78 is 36.7. The predicted molar refractivity (Wildman–Crippen MR) is 94.3 cm³/mol. The van der Waals surface area contributed by atoms with Gasteiger partial charge in [-0.05, 0) is 36.4 Å². The van der Waals surface area contributed by atoms with Gasteiger partial charge in [-0.3, -0.25) is 4.79 Å². The van der Waals surface area contributed by atoms with E-state index in [0.29, 0.717) is 10.8 Å². The zero-order chi connectivity index (χ0) is 19.0. The second kappa shape index (κ2) is 9.20. The molecule has 0 atom stereocenters. The molecule has 0 saturated carbocycles. The lowest BCUT2D eigenvalue weighted by molar-refractivity contribution is -0.142. The molecule has 7 nitrogen and oxygen atoms in total. The number of ether oxygens (including phenoxy) is 2. The van der Waals surface area contributed by atoms with E-state index in [-0.39, 0.29) is 23.7 Å². The second-order valence-electron chi connectivity index (χ2n) is 4.96. The quantitative estimate of drug-likeness (QED) is 0.543. The maximum atomic E-state index is 12.2. The Kier molecular flexibility index (Phi) is 6.97. The number of esters is 1. The summed E-state index contributed by atoms with van der Waals surface area (Å²) in [7, 11) is -3.99. The molecule has 0 spiro atoms. The third-order valence-corrected chi connectivity index (χ3v) is 4.84. The van der Waals surface area contributed by atoms with Gasteiger partial charge in [0.25, 0.3) is 0 Å². The van der Waals surface area contributed by atoms with Crippen molar-refractivity contribution < 1.29 is 22.7 Å². The summed E-state index contributed by atoms with van der Waals surface area (Å²) in [6.45, 7) is -0.488. The van der Waals surface area contributed by atoms with Crippen LogP contribution in [0.3, 0.4) is 0 Å². The predicted octanol–water partition coefficient (Wildman–Crippen LogP) is 2.11. The van der Waals surface area contributed by atoms with Crippen molar-refractivity contribution in [2.45, 2.75) is 4.90 Å². The standard InChI is InChI=1S/C17H15ClN2O5S/c18-14-5-7-15(8-6-14)24-9-10-25-17(21)12-20-26(22,23)16-4-2-1-3-13(16)11-19/h1-8,20H,9-10,12H2.